The van der Waals surface area contributed by atoms with Crippen LogP contribution in [-0.2, 0) is 11.8 Å². The highest BCUT2D eigenvalue weighted by molar-refractivity contribution is 7.99. The molecule has 0 radical (unpaired) electrons. The molecular formula is C11H11N5OS. The van der Waals surface area contributed by atoms with Gasteiger partial charge in [0.15, 0.2) is 5.16 Å². The zero-order valence-electron chi connectivity index (χ0n) is 9.62. The molecule has 3 rings (SSSR count). The molecule has 1 aliphatic heterocycles. The van der Waals surface area contributed by atoms with Gasteiger partial charge in [-0.25, -0.2) is 0 Å². The number of benzene rings is 1. The number of fused-ring (bicyclic) bond motifs is 1. The van der Waals surface area contributed by atoms with Crippen LogP contribution in [0.25, 0.3) is 0 Å². The lowest BCUT2D eigenvalue weighted by atomic mass is 10.1. The van der Waals surface area contributed by atoms with Crippen LogP contribution in [0.5, 0.6) is 0 Å². The van der Waals surface area contributed by atoms with E-state index in [1.807, 2.05) is 29.8 Å². The third-order valence-electron chi connectivity index (χ3n) is 2.78. The number of rotatable bonds is 2. The lowest BCUT2D eigenvalue weighted by Gasteiger charge is -2.04. The van der Waals surface area contributed by atoms with Crippen molar-refractivity contribution >= 4 is 23.4 Å². The number of nitrogens with two attached hydrogens (primary N) is 1. The Balaban J connectivity index is 1.91. The first kappa shape index (κ1) is 11.2. The van der Waals surface area contributed by atoms with E-state index in [1.165, 1.54) is 11.8 Å². The van der Waals surface area contributed by atoms with Crippen molar-refractivity contribution in [3.05, 3.63) is 30.1 Å². The summed E-state index contributed by atoms with van der Waals surface area (Å²) in [6.45, 7) is 0. The zero-order chi connectivity index (χ0) is 12.7. The van der Waals surface area contributed by atoms with E-state index in [4.69, 9.17) is 5.73 Å². The van der Waals surface area contributed by atoms with Gasteiger partial charge in [0.2, 0.25) is 5.91 Å². The summed E-state index contributed by atoms with van der Waals surface area (Å²) < 4.78 is 1.84. The molecule has 1 amide bonds. The summed E-state index contributed by atoms with van der Waals surface area (Å²) in [5, 5.41) is 11.4. The minimum Gasteiger partial charge on any atom is -0.324 e. The molecule has 1 aromatic carbocycles. The minimum atomic E-state index is -0.561. The lowest BCUT2D eigenvalue weighted by Crippen LogP contribution is -2.19. The second-order valence-corrected chi connectivity index (χ2v) is 5.08. The fourth-order valence-corrected chi connectivity index (χ4v) is 2.60. The zero-order valence-corrected chi connectivity index (χ0v) is 10.4. The van der Waals surface area contributed by atoms with E-state index in [9.17, 15) is 4.79 Å². The maximum Gasteiger partial charge on any atom is 0.245 e. The molecule has 3 N–H and O–H groups in total. The molecule has 0 aliphatic carbocycles. The molecule has 2 heterocycles. The molecule has 0 spiro atoms. The molecule has 6 nitrogen and oxygen atoms in total. The second kappa shape index (κ2) is 4.11. The largest absolute Gasteiger partial charge is 0.324 e. The third kappa shape index (κ3) is 1.77. The van der Waals surface area contributed by atoms with Crippen LogP contribution in [0.15, 0.2) is 34.6 Å². The number of nitrogens with zero attached hydrogens (tertiary/aromatic N) is 3. The van der Waals surface area contributed by atoms with E-state index >= 15 is 0 Å². The number of aromatic nitrogens is 3. The lowest BCUT2D eigenvalue weighted by molar-refractivity contribution is -0.116. The predicted molar refractivity (Wildman–Crippen MR) is 67.1 cm³/mol. The molecule has 1 unspecified atom stereocenters. The molecule has 1 aliphatic rings. The molecule has 92 valence electrons. The summed E-state index contributed by atoms with van der Waals surface area (Å²) in [6.07, 6.45) is 1.65. The Bertz CT molecular complexity index is 624. The number of nitrogens with one attached hydrogen (secondary N) is 1. The van der Waals surface area contributed by atoms with Crippen LogP contribution in [0.2, 0.25) is 0 Å². The summed E-state index contributed by atoms with van der Waals surface area (Å²) in [4.78, 5) is 12.4. The highest BCUT2D eigenvalue weighted by Crippen LogP contribution is 2.34. The Morgan fingerprint density at radius 2 is 2.33 bits per heavy atom. The van der Waals surface area contributed by atoms with Gasteiger partial charge in [-0.1, -0.05) is 6.07 Å². The van der Waals surface area contributed by atoms with Crippen LogP contribution in [-0.4, -0.2) is 20.7 Å². The van der Waals surface area contributed by atoms with Crippen LogP contribution >= 0.6 is 11.8 Å². The van der Waals surface area contributed by atoms with Gasteiger partial charge in [0.05, 0.1) is 0 Å². The first-order valence-corrected chi connectivity index (χ1v) is 6.19. The number of anilines is 1. The Labute approximate surface area is 108 Å². The van der Waals surface area contributed by atoms with Crippen molar-refractivity contribution in [2.75, 3.05) is 5.32 Å². The van der Waals surface area contributed by atoms with Crippen LogP contribution in [0, 0.1) is 0 Å². The van der Waals surface area contributed by atoms with Gasteiger partial charge in [-0.05, 0) is 23.9 Å². The molecule has 0 fully saturated rings. The summed E-state index contributed by atoms with van der Waals surface area (Å²) in [6, 6.07) is 5.14. The number of hydrogen-bond acceptors (Lipinski definition) is 5. The average Bonchev–Trinajstić information content (AvgIpc) is 2.86. The van der Waals surface area contributed by atoms with Gasteiger partial charge in [0, 0.05) is 23.2 Å². The van der Waals surface area contributed by atoms with Crippen molar-refractivity contribution < 1.29 is 4.79 Å². The summed E-state index contributed by atoms with van der Waals surface area (Å²) in [5.74, 6) is -0.161. The highest BCUT2D eigenvalue weighted by atomic mass is 32.2. The minimum absolute atomic E-state index is 0.161. The standard InChI is InChI=1S/C11H11N5OS/c1-16-5-13-15-11(16)18-6-2-3-7-8(4-6)14-10(17)9(7)12/h2-5,9H,12H2,1H3,(H,14,17). The Hall–Kier alpha value is -1.86. The molecule has 0 bridgehead atoms. The third-order valence-corrected chi connectivity index (χ3v) is 3.82. The summed E-state index contributed by atoms with van der Waals surface area (Å²) in [5.41, 5.74) is 7.37. The number of aryl methyl sites for hydroxylation is 1. The molecule has 1 aromatic heterocycles. The fourth-order valence-electron chi connectivity index (χ4n) is 1.80. The van der Waals surface area contributed by atoms with E-state index in [1.54, 1.807) is 6.33 Å². The SMILES string of the molecule is Cn1cnnc1Sc1ccc2c(c1)NC(=O)C2N. The van der Waals surface area contributed by atoms with Crippen LogP contribution in [0.4, 0.5) is 5.69 Å². The second-order valence-electron chi connectivity index (χ2n) is 4.04. The van der Waals surface area contributed by atoms with E-state index in [-0.39, 0.29) is 5.91 Å². The Kier molecular flexibility index (Phi) is 2.57. The quantitative estimate of drug-likeness (QED) is 0.839. The van der Waals surface area contributed by atoms with E-state index in [0.717, 1.165) is 21.3 Å². The normalized spacial score (nSPS) is 17.7. The van der Waals surface area contributed by atoms with Gasteiger partial charge in [0.25, 0.3) is 0 Å². The molecule has 0 saturated heterocycles. The van der Waals surface area contributed by atoms with Gasteiger partial charge >= 0.3 is 0 Å². The van der Waals surface area contributed by atoms with Gasteiger partial charge in [-0.3, -0.25) is 4.79 Å². The van der Waals surface area contributed by atoms with Crippen LogP contribution in [0.1, 0.15) is 11.6 Å². The predicted octanol–water partition coefficient (Wildman–Crippen LogP) is 0.918. The highest BCUT2D eigenvalue weighted by Gasteiger charge is 2.27. The summed E-state index contributed by atoms with van der Waals surface area (Å²) in [7, 11) is 1.88. The molecule has 7 heteroatoms. The van der Waals surface area contributed by atoms with Crippen molar-refractivity contribution in [1.29, 1.82) is 0 Å². The Morgan fingerprint density at radius 1 is 1.50 bits per heavy atom. The maximum atomic E-state index is 11.4. The van der Waals surface area contributed by atoms with Gasteiger partial charge in [-0.15, -0.1) is 10.2 Å². The number of carbonyl (C=O) groups is 1. The average molecular weight is 261 g/mol. The van der Waals surface area contributed by atoms with Crippen molar-refractivity contribution in [2.45, 2.75) is 16.1 Å². The van der Waals surface area contributed by atoms with Crippen molar-refractivity contribution in [3.63, 3.8) is 0 Å². The van der Waals surface area contributed by atoms with Gasteiger partial charge in [0.1, 0.15) is 12.4 Å². The van der Waals surface area contributed by atoms with Crippen LogP contribution in [0.3, 0.4) is 0 Å². The van der Waals surface area contributed by atoms with Gasteiger partial charge < -0.3 is 15.6 Å². The van der Waals surface area contributed by atoms with Crippen molar-refractivity contribution in [1.82, 2.24) is 14.8 Å². The topological polar surface area (TPSA) is 85.8 Å². The summed E-state index contributed by atoms with van der Waals surface area (Å²) >= 11 is 1.49. The molecular weight excluding hydrogens is 250 g/mol. The number of amides is 1. The molecule has 2 aromatic rings. The smallest absolute Gasteiger partial charge is 0.245 e. The molecule has 18 heavy (non-hydrogen) atoms. The van der Waals surface area contributed by atoms with Crippen molar-refractivity contribution in [2.24, 2.45) is 12.8 Å². The van der Waals surface area contributed by atoms with Crippen molar-refractivity contribution in [3.8, 4) is 0 Å². The van der Waals surface area contributed by atoms with E-state index < -0.39 is 6.04 Å². The monoisotopic (exact) mass is 261 g/mol. The van der Waals surface area contributed by atoms with E-state index in [0.29, 0.717) is 0 Å². The van der Waals surface area contributed by atoms with Crippen LogP contribution < -0.4 is 11.1 Å². The van der Waals surface area contributed by atoms with E-state index in [2.05, 4.69) is 15.5 Å². The molecule has 1 atom stereocenters. The Morgan fingerprint density at radius 3 is 3.06 bits per heavy atom. The first-order chi connectivity index (χ1) is 8.65. The maximum absolute atomic E-state index is 11.4. The fraction of sp³-hybridized carbons (Fsp3) is 0.182. The molecule has 0 saturated carbocycles. The first-order valence-electron chi connectivity index (χ1n) is 5.37. The number of carbonyl (C=O) groups excluding carboxylic acids is 1. The van der Waals surface area contributed by atoms with Gasteiger partial charge in [-0.2, -0.15) is 0 Å². The number of hydrogen-bond donors (Lipinski definition) is 2.